The molecule has 2 aromatic rings. The number of aliphatic hydroxyl groups is 1. The molecule has 0 atom stereocenters. The van der Waals surface area contributed by atoms with Crippen molar-refractivity contribution in [3.05, 3.63) is 63.9 Å². The van der Waals surface area contributed by atoms with E-state index in [4.69, 9.17) is 9.84 Å². The van der Waals surface area contributed by atoms with Gasteiger partial charge < -0.3 is 15.2 Å². The number of nitrogens with one attached hydrogen (secondary N) is 1. The van der Waals surface area contributed by atoms with Crippen LogP contribution in [0.5, 0.6) is 0 Å². The molecular formula is C16H15BrFNO3. The van der Waals surface area contributed by atoms with Crippen LogP contribution in [0.1, 0.15) is 15.9 Å². The number of anilines is 1. The van der Waals surface area contributed by atoms with E-state index in [9.17, 15) is 9.18 Å². The van der Waals surface area contributed by atoms with E-state index >= 15 is 0 Å². The van der Waals surface area contributed by atoms with Gasteiger partial charge in [-0.3, -0.25) is 0 Å². The first-order valence-corrected chi connectivity index (χ1v) is 7.46. The molecular weight excluding hydrogens is 353 g/mol. The van der Waals surface area contributed by atoms with Crippen LogP contribution in [0.3, 0.4) is 0 Å². The molecule has 0 aromatic heterocycles. The monoisotopic (exact) mass is 367 g/mol. The second kappa shape index (κ2) is 7.91. The van der Waals surface area contributed by atoms with Crippen LogP contribution in [0.25, 0.3) is 0 Å². The average molecular weight is 368 g/mol. The maximum Gasteiger partial charge on any atom is 0.340 e. The minimum absolute atomic E-state index is 0.0357. The first-order chi connectivity index (χ1) is 10.6. The number of benzene rings is 2. The lowest BCUT2D eigenvalue weighted by Crippen LogP contribution is -2.12. The van der Waals surface area contributed by atoms with Crippen LogP contribution in [0.15, 0.2) is 46.9 Å². The number of hydrogen-bond donors (Lipinski definition) is 2. The highest BCUT2D eigenvalue weighted by Gasteiger charge is 2.13. The molecule has 0 amide bonds. The molecule has 2 rings (SSSR count). The number of para-hydroxylation sites is 1. The van der Waals surface area contributed by atoms with Gasteiger partial charge in [-0.15, -0.1) is 0 Å². The van der Waals surface area contributed by atoms with E-state index in [0.29, 0.717) is 27.8 Å². The molecule has 116 valence electrons. The summed E-state index contributed by atoms with van der Waals surface area (Å²) in [5.41, 5.74) is 1.66. The first kappa shape index (κ1) is 16.5. The van der Waals surface area contributed by atoms with Gasteiger partial charge in [0.2, 0.25) is 0 Å². The Morgan fingerprint density at radius 2 is 2.05 bits per heavy atom. The molecule has 0 fully saturated rings. The molecule has 0 radical (unpaired) electrons. The van der Waals surface area contributed by atoms with E-state index in [1.807, 2.05) is 0 Å². The predicted molar refractivity (Wildman–Crippen MR) is 85.2 cm³/mol. The van der Waals surface area contributed by atoms with E-state index in [0.717, 1.165) is 0 Å². The summed E-state index contributed by atoms with van der Waals surface area (Å²) < 4.78 is 18.8. The van der Waals surface area contributed by atoms with Crippen molar-refractivity contribution in [3.8, 4) is 0 Å². The Morgan fingerprint density at radius 1 is 1.27 bits per heavy atom. The van der Waals surface area contributed by atoms with E-state index in [2.05, 4.69) is 21.2 Å². The highest BCUT2D eigenvalue weighted by molar-refractivity contribution is 9.10. The quantitative estimate of drug-likeness (QED) is 0.768. The van der Waals surface area contributed by atoms with Crippen LogP contribution in [-0.2, 0) is 11.3 Å². The second-order valence-electron chi connectivity index (χ2n) is 4.51. The van der Waals surface area contributed by atoms with E-state index in [1.165, 1.54) is 12.1 Å². The molecule has 4 nitrogen and oxygen atoms in total. The van der Waals surface area contributed by atoms with Crippen molar-refractivity contribution in [2.45, 2.75) is 6.61 Å². The minimum Gasteiger partial charge on any atom is -0.457 e. The van der Waals surface area contributed by atoms with E-state index in [-0.39, 0.29) is 19.0 Å². The molecule has 0 unspecified atom stereocenters. The Kier molecular flexibility index (Phi) is 5.91. The van der Waals surface area contributed by atoms with Crippen LogP contribution in [0, 0.1) is 5.82 Å². The van der Waals surface area contributed by atoms with Crippen LogP contribution in [-0.4, -0.2) is 24.2 Å². The SMILES string of the molecule is O=C(OCc1ccc(F)cc1Br)c1ccccc1NCCO. The lowest BCUT2D eigenvalue weighted by molar-refractivity contribution is 0.0473. The van der Waals surface area contributed by atoms with Crippen molar-refractivity contribution < 1.29 is 19.0 Å². The van der Waals surface area contributed by atoms with Gasteiger partial charge in [-0.05, 0) is 24.3 Å². The number of ether oxygens (including phenoxy) is 1. The summed E-state index contributed by atoms with van der Waals surface area (Å²) >= 11 is 3.23. The smallest absolute Gasteiger partial charge is 0.340 e. The third-order valence-electron chi connectivity index (χ3n) is 2.95. The maximum absolute atomic E-state index is 13.0. The van der Waals surface area contributed by atoms with Gasteiger partial charge in [0.25, 0.3) is 0 Å². The molecule has 22 heavy (non-hydrogen) atoms. The highest BCUT2D eigenvalue weighted by atomic mass is 79.9. The van der Waals surface area contributed by atoms with Crippen LogP contribution < -0.4 is 5.32 Å². The number of hydrogen-bond acceptors (Lipinski definition) is 4. The predicted octanol–water partition coefficient (Wildman–Crippen LogP) is 3.35. The topological polar surface area (TPSA) is 58.6 Å². The molecule has 0 spiro atoms. The van der Waals surface area contributed by atoms with E-state index in [1.54, 1.807) is 30.3 Å². The molecule has 0 saturated carbocycles. The third-order valence-corrected chi connectivity index (χ3v) is 3.69. The van der Waals surface area contributed by atoms with Gasteiger partial charge in [0.1, 0.15) is 12.4 Å². The van der Waals surface area contributed by atoms with Crippen molar-refractivity contribution in [3.63, 3.8) is 0 Å². The second-order valence-corrected chi connectivity index (χ2v) is 5.36. The molecule has 6 heteroatoms. The Labute approximate surface area is 136 Å². The third kappa shape index (κ3) is 4.29. The Hall–Kier alpha value is -1.92. The summed E-state index contributed by atoms with van der Waals surface area (Å²) in [6.07, 6.45) is 0. The summed E-state index contributed by atoms with van der Waals surface area (Å²) in [4.78, 5) is 12.2. The summed E-state index contributed by atoms with van der Waals surface area (Å²) in [6.45, 7) is 0.341. The molecule has 0 aliphatic heterocycles. The minimum atomic E-state index is -0.489. The molecule has 0 aliphatic carbocycles. The van der Waals surface area contributed by atoms with Crippen molar-refractivity contribution in [1.82, 2.24) is 0 Å². The van der Waals surface area contributed by atoms with Crippen LogP contribution >= 0.6 is 15.9 Å². The van der Waals surface area contributed by atoms with Crippen LogP contribution in [0.4, 0.5) is 10.1 Å². The normalized spacial score (nSPS) is 10.3. The summed E-state index contributed by atoms with van der Waals surface area (Å²) in [7, 11) is 0. The van der Waals surface area contributed by atoms with Gasteiger partial charge in [0.05, 0.1) is 12.2 Å². The van der Waals surface area contributed by atoms with Crippen molar-refractivity contribution >= 4 is 27.6 Å². The molecule has 0 heterocycles. The summed E-state index contributed by atoms with van der Waals surface area (Å²) in [6, 6.07) is 11.1. The van der Waals surface area contributed by atoms with Gasteiger partial charge in [-0.2, -0.15) is 0 Å². The van der Waals surface area contributed by atoms with Gasteiger partial charge in [0.15, 0.2) is 0 Å². The van der Waals surface area contributed by atoms with Gasteiger partial charge in [0, 0.05) is 22.3 Å². The summed E-state index contributed by atoms with van der Waals surface area (Å²) in [5.74, 6) is -0.849. The van der Waals surface area contributed by atoms with Crippen molar-refractivity contribution in [2.24, 2.45) is 0 Å². The van der Waals surface area contributed by atoms with Gasteiger partial charge >= 0.3 is 5.97 Å². The van der Waals surface area contributed by atoms with Gasteiger partial charge in [-0.1, -0.05) is 34.1 Å². The zero-order valence-electron chi connectivity index (χ0n) is 11.7. The fraction of sp³-hybridized carbons (Fsp3) is 0.188. The van der Waals surface area contributed by atoms with Crippen LogP contribution in [0.2, 0.25) is 0 Å². The largest absolute Gasteiger partial charge is 0.457 e. The molecule has 0 aliphatic rings. The van der Waals surface area contributed by atoms with Gasteiger partial charge in [-0.25, -0.2) is 9.18 Å². The number of halogens is 2. The zero-order chi connectivity index (χ0) is 15.9. The Morgan fingerprint density at radius 3 is 2.77 bits per heavy atom. The maximum atomic E-state index is 13.0. The average Bonchev–Trinajstić information content (AvgIpc) is 2.52. The molecule has 2 aromatic carbocycles. The molecule has 0 bridgehead atoms. The highest BCUT2D eigenvalue weighted by Crippen LogP contribution is 2.21. The number of rotatable bonds is 6. The number of carbonyl (C=O) groups excluding carboxylic acids is 1. The van der Waals surface area contributed by atoms with E-state index < -0.39 is 5.97 Å². The number of esters is 1. The summed E-state index contributed by atoms with van der Waals surface area (Å²) in [5, 5.41) is 11.8. The lowest BCUT2D eigenvalue weighted by atomic mass is 10.1. The zero-order valence-corrected chi connectivity index (χ0v) is 13.3. The first-order valence-electron chi connectivity index (χ1n) is 6.66. The van der Waals surface area contributed by atoms with Crippen molar-refractivity contribution in [1.29, 1.82) is 0 Å². The number of carbonyl (C=O) groups is 1. The fourth-order valence-electron chi connectivity index (χ4n) is 1.87. The number of aliphatic hydroxyl groups excluding tert-OH is 1. The standard InChI is InChI=1S/C16H15BrFNO3/c17-14-9-12(18)6-5-11(14)10-22-16(21)13-3-1-2-4-15(13)19-7-8-20/h1-6,9,19-20H,7-8,10H2. The lowest BCUT2D eigenvalue weighted by Gasteiger charge is -2.11. The Bertz CT molecular complexity index is 664. The fourth-order valence-corrected chi connectivity index (χ4v) is 2.33. The van der Waals surface area contributed by atoms with Crippen molar-refractivity contribution in [2.75, 3.05) is 18.5 Å². The molecule has 0 saturated heterocycles. The molecule has 2 N–H and O–H groups in total. The Balaban J connectivity index is 2.06.